The minimum Gasteiger partial charge on any atom is -0.439 e. The highest BCUT2D eigenvalue weighted by Crippen LogP contribution is 2.19. The third kappa shape index (κ3) is 3.73. The molecule has 0 spiro atoms. The highest BCUT2D eigenvalue weighted by molar-refractivity contribution is 5.98. The van der Waals surface area contributed by atoms with E-state index in [1.807, 2.05) is 0 Å². The van der Waals surface area contributed by atoms with Gasteiger partial charge in [0, 0.05) is 5.39 Å². The third-order valence-electron chi connectivity index (χ3n) is 4.60. The lowest BCUT2D eigenvalue weighted by molar-refractivity contribution is -0.126. The zero-order chi connectivity index (χ0) is 20.4. The number of nitrogens with one attached hydrogen (secondary N) is 1. The highest BCUT2D eigenvalue weighted by Gasteiger charge is 2.34. The van der Waals surface area contributed by atoms with Crippen molar-refractivity contribution in [3.8, 4) is 0 Å². The Kier molecular flexibility index (Phi) is 4.82. The third-order valence-corrected chi connectivity index (χ3v) is 4.60. The van der Waals surface area contributed by atoms with Crippen LogP contribution in [0, 0.1) is 0 Å². The van der Waals surface area contributed by atoms with Crippen LogP contribution in [0.3, 0.4) is 0 Å². The maximum absolute atomic E-state index is 12.8. The smallest absolute Gasteiger partial charge is 0.417 e. The second kappa shape index (κ2) is 7.59. The Hall–Kier alpha value is -3.94. The summed E-state index contributed by atoms with van der Waals surface area (Å²) < 4.78 is 9.94. The minimum atomic E-state index is -0.773. The summed E-state index contributed by atoms with van der Waals surface area (Å²) >= 11 is 0. The first-order valence-corrected chi connectivity index (χ1v) is 8.89. The summed E-state index contributed by atoms with van der Waals surface area (Å²) in [5.41, 5.74) is 0.0993. The molecule has 0 aliphatic carbocycles. The van der Waals surface area contributed by atoms with Gasteiger partial charge in [-0.1, -0.05) is 48.5 Å². The van der Waals surface area contributed by atoms with E-state index in [-0.39, 0.29) is 18.7 Å². The van der Waals surface area contributed by atoms with Gasteiger partial charge in [0.2, 0.25) is 0 Å². The molecule has 8 nitrogen and oxygen atoms in total. The van der Waals surface area contributed by atoms with Crippen molar-refractivity contribution in [2.45, 2.75) is 6.04 Å². The molecule has 2 heterocycles. The number of hydrogen-bond donors (Lipinski definition) is 1. The zero-order valence-corrected chi connectivity index (χ0v) is 15.2. The lowest BCUT2D eigenvalue weighted by Gasteiger charge is -2.22. The number of carbonyl (C=O) groups is 3. The van der Waals surface area contributed by atoms with Gasteiger partial charge >= 0.3 is 11.7 Å². The molecule has 1 atom stereocenters. The first-order valence-electron chi connectivity index (χ1n) is 8.89. The van der Waals surface area contributed by atoms with Gasteiger partial charge < -0.3 is 14.5 Å². The maximum atomic E-state index is 12.8. The molecule has 1 saturated heterocycles. The molecule has 1 aliphatic heterocycles. The lowest BCUT2D eigenvalue weighted by atomic mass is 10.1. The molecule has 3 aromatic rings. The van der Waals surface area contributed by atoms with Crippen molar-refractivity contribution in [1.82, 2.24) is 10.2 Å². The molecular formula is C21H16N2O6. The molecule has 0 bridgehead atoms. The summed E-state index contributed by atoms with van der Waals surface area (Å²) in [5.74, 6) is -1.16. The molecule has 2 aromatic carbocycles. The fraction of sp³-hybridized carbons (Fsp3) is 0.143. The Morgan fingerprint density at radius 3 is 2.48 bits per heavy atom. The standard InChI is InChI=1S/C21H16N2O6/c24-18-12-28-21(27)23(18)11-16(13-6-2-1-3-7-13)22-19(25)15-10-14-8-4-5-9-17(14)29-20(15)26/h1-10,16H,11-12H2,(H,22,25). The summed E-state index contributed by atoms with van der Waals surface area (Å²) in [7, 11) is 0. The van der Waals surface area contributed by atoms with Crippen molar-refractivity contribution in [2.24, 2.45) is 0 Å². The number of benzene rings is 2. The van der Waals surface area contributed by atoms with E-state index in [1.165, 1.54) is 6.07 Å². The van der Waals surface area contributed by atoms with Crippen molar-refractivity contribution >= 4 is 28.9 Å². The van der Waals surface area contributed by atoms with Gasteiger partial charge in [-0.2, -0.15) is 0 Å². The number of hydrogen-bond acceptors (Lipinski definition) is 6. The Morgan fingerprint density at radius 2 is 1.76 bits per heavy atom. The predicted molar refractivity (Wildman–Crippen MR) is 102 cm³/mol. The van der Waals surface area contributed by atoms with E-state index in [2.05, 4.69) is 5.32 Å². The van der Waals surface area contributed by atoms with Crippen LogP contribution in [-0.2, 0) is 9.53 Å². The Balaban J connectivity index is 1.64. The van der Waals surface area contributed by atoms with Crippen LogP contribution in [-0.4, -0.2) is 36.0 Å². The highest BCUT2D eigenvalue weighted by atomic mass is 16.6. The number of carbonyl (C=O) groups excluding carboxylic acids is 3. The van der Waals surface area contributed by atoms with Gasteiger partial charge in [0.1, 0.15) is 11.1 Å². The van der Waals surface area contributed by atoms with Crippen LogP contribution in [0.2, 0.25) is 0 Å². The van der Waals surface area contributed by atoms with Crippen LogP contribution in [0.25, 0.3) is 11.0 Å². The minimum absolute atomic E-state index is 0.119. The van der Waals surface area contributed by atoms with Crippen LogP contribution in [0.1, 0.15) is 22.0 Å². The first-order chi connectivity index (χ1) is 14.0. The molecule has 4 rings (SSSR count). The second-order valence-corrected chi connectivity index (χ2v) is 6.48. The molecule has 29 heavy (non-hydrogen) atoms. The van der Waals surface area contributed by atoms with E-state index in [4.69, 9.17) is 9.15 Å². The van der Waals surface area contributed by atoms with Crippen molar-refractivity contribution < 1.29 is 23.5 Å². The maximum Gasteiger partial charge on any atom is 0.417 e. The average molecular weight is 392 g/mol. The Labute approximate surface area is 164 Å². The average Bonchev–Trinajstić information content (AvgIpc) is 3.05. The Morgan fingerprint density at radius 1 is 1.03 bits per heavy atom. The second-order valence-electron chi connectivity index (χ2n) is 6.48. The van der Waals surface area contributed by atoms with Crippen molar-refractivity contribution in [3.63, 3.8) is 0 Å². The van der Waals surface area contributed by atoms with Crippen molar-refractivity contribution in [3.05, 3.63) is 82.2 Å². The van der Waals surface area contributed by atoms with Gasteiger partial charge in [-0.25, -0.2) is 14.5 Å². The Bertz CT molecular complexity index is 1140. The summed E-state index contributed by atoms with van der Waals surface area (Å²) in [6.45, 7) is -0.450. The predicted octanol–water partition coefficient (Wildman–Crippen LogP) is 2.24. The molecule has 1 aromatic heterocycles. The van der Waals surface area contributed by atoms with Gasteiger partial charge in [0.15, 0.2) is 6.61 Å². The molecular weight excluding hydrogens is 376 g/mol. The molecule has 146 valence electrons. The topological polar surface area (TPSA) is 106 Å². The summed E-state index contributed by atoms with van der Waals surface area (Å²) in [6, 6.07) is 16.4. The molecule has 3 amide bonds. The fourth-order valence-corrected chi connectivity index (χ4v) is 3.12. The largest absolute Gasteiger partial charge is 0.439 e. The zero-order valence-electron chi connectivity index (χ0n) is 15.2. The van der Waals surface area contributed by atoms with Crippen LogP contribution < -0.4 is 10.9 Å². The summed E-state index contributed by atoms with van der Waals surface area (Å²) in [6.07, 6.45) is -0.768. The molecule has 1 unspecified atom stereocenters. The number of fused-ring (bicyclic) bond motifs is 1. The normalized spacial score (nSPS) is 14.7. The molecule has 0 radical (unpaired) electrons. The number of para-hydroxylation sites is 1. The molecule has 8 heteroatoms. The van der Waals surface area contributed by atoms with E-state index < -0.39 is 29.6 Å². The van der Waals surface area contributed by atoms with Gasteiger partial charge in [-0.15, -0.1) is 0 Å². The SMILES string of the molecule is O=C(NC(CN1C(=O)COC1=O)c1ccccc1)c1cc2ccccc2oc1=O. The van der Waals surface area contributed by atoms with Gasteiger partial charge in [-0.05, 0) is 17.7 Å². The van der Waals surface area contributed by atoms with E-state index >= 15 is 0 Å². The van der Waals surface area contributed by atoms with Gasteiger partial charge in [0.05, 0.1) is 12.6 Å². The molecule has 1 aliphatic rings. The molecule has 1 fully saturated rings. The number of rotatable bonds is 5. The van der Waals surface area contributed by atoms with E-state index in [9.17, 15) is 19.2 Å². The van der Waals surface area contributed by atoms with Gasteiger partial charge in [-0.3, -0.25) is 9.59 Å². The quantitative estimate of drug-likeness (QED) is 0.668. The van der Waals surface area contributed by atoms with E-state index in [1.54, 1.807) is 54.6 Å². The fourth-order valence-electron chi connectivity index (χ4n) is 3.12. The number of cyclic esters (lactones) is 1. The van der Waals surface area contributed by atoms with Crippen LogP contribution in [0.4, 0.5) is 4.79 Å². The number of nitrogens with zero attached hydrogens (tertiary/aromatic N) is 1. The van der Waals surface area contributed by atoms with Crippen LogP contribution >= 0.6 is 0 Å². The summed E-state index contributed by atoms with van der Waals surface area (Å²) in [5, 5.41) is 3.33. The number of amides is 3. The van der Waals surface area contributed by atoms with Crippen molar-refractivity contribution in [1.29, 1.82) is 0 Å². The first kappa shape index (κ1) is 18.4. The monoisotopic (exact) mass is 392 g/mol. The van der Waals surface area contributed by atoms with Crippen molar-refractivity contribution in [2.75, 3.05) is 13.2 Å². The van der Waals surface area contributed by atoms with Crippen LogP contribution in [0.5, 0.6) is 0 Å². The number of ether oxygens (including phenoxy) is 1. The lowest BCUT2D eigenvalue weighted by Crippen LogP contribution is -2.41. The van der Waals surface area contributed by atoms with Crippen LogP contribution in [0.15, 0.2) is 69.9 Å². The summed E-state index contributed by atoms with van der Waals surface area (Å²) in [4.78, 5) is 49.8. The van der Waals surface area contributed by atoms with E-state index in [0.717, 1.165) is 4.90 Å². The molecule has 1 N–H and O–H groups in total. The van der Waals surface area contributed by atoms with Gasteiger partial charge in [0.25, 0.3) is 11.8 Å². The van der Waals surface area contributed by atoms with E-state index in [0.29, 0.717) is 16.5 Å². The number of imide groups is 1. The molecule has 0 saturated carbocycles.